The minimum atomic E-state index is -0.157. The number of benzene rings is 1. The predicted octanol–water partition coefficient (Wildman–Crippen LogP) is 1.69. The zero-order valence-electron chi connectivity index (χ0n) is 10.8. The van der Waals surface area contributed by atoms with E-state index in [-0.39, 0.29) is 17.1 Å². The van der Waals surface area contributed by atoms with E-state index in [0.29, 0.717) is 30.1 Å². The van der Waals surface area contributed by atoms with E-state index in [1.54, 1.807) is 30.2 Å². The van der Waals surface area contributed by atoms with Gasteiger partial charge in [0.2, 0.25) is 11.8 Å². The van der Waals surface area contributed by atoms with Crippen LogP contribution in [0.4, 0.5) is 11.4 Å². The number of thiol groups is 1. The monoisotopic (exact) mass is 280 g/mol. The Bertz CT molecular complexity index is 519. The number of anilines is 2. The largest absolute Gasteiger partial charge is 0.495 e. The summed E-state index contributed by atoms with van der Waals surface area (Å²) in [6, 6.07) is 5.21. The van der Waals surface area contributed by atoms with Gasteiger partial charge in [-0.3, -0.25) is 9.59 Å². The predicted molar refractivity (Wildman–Crippen MR) is 77.0 cm³/mol. The Balaban J connectivity index is 2.36. The zero-order chi connectivity index (χ0) is 14.0. The van der Waals surface area contributed by atoms with E-state index >= 15 is 0 Å². The highest BCUT2D eigenvalue weighted by Crippen LogP contribution is 2.34. The van der Waals surface area contributed by atoms with Crippen molar-refractivity contribution in [1.29, 1.82) is 0 Å². The van der Waals surface area contributed by atoms with Crippen molar-refractivity contribution in [3.8, 4) is 5.75 Å². The molecule has 19 heavy (non-hydrogen) atoms. The van der Waals surface area contributed by atoms with Crippen LogP contribution in [0.2, 0.25) is 0 Å². The lowest BCUT2D eigenvalue weighted by atomic mass is 10.2. The first-order chi connectivity index (χ1) is 9.01. The molecule has 1 aliphatic rings. The molecule has 1 saturated heterocycles. The number of hydrogen-bond acceptors (Lipinski definition) is 4. The second-order valence-corrected chi connectivity index (χ2v) is 5.16. The second-order valence-electron chi connectivity index (χ2n) is 4.43. The van der Waals surface area contributed by atoms with Gasteiger partial charge in [-0.25, -0.2) is 0 Å². The average Bonchev–Trinajstić information content (AvgIpc) is 2.67. The van der Waals surface area contributed by atoms with E-state index in [0.717, 1.165) is 0 Å². The minimum Gasteiger partial charge on any atom is -0.495 e. The third-order valence-electron chi connectivity index (χ3n) is 2.89. The van der Waals surface area contributed by atoms with Gasteiger partial charge >= 0.3 is 0 Å². The summed E-state index contributed by atoms with van der Waals surface area (Å²) in [4.78, 5) is 24.6. The highest BCUT2D eigenvalue weighted by molar-refractivity contribution is 7.81. The number of carbonyl (C=O) groups is 2. The summed E-state index contributed by atoms with van der Waals surface area (Å²) >= 11 is 4.33. The second kappa shape index (κ2) is 5.52. The van der Waals surface area contributed by atoms with Gasteiger partial charge in [-0.2, -0.15) is 12.6 Å². The molecular weight excluding hydrogens is 264 g/mol. The minimum absolute atomic E-state index is 0.0123. The fourth-order valence-electron chi connectivity index (χ4n) is 2.10. The number of ether oxygens (including phenoxy) is 1. The van der Waals surface area contributed by atoms with Gasteiger partial charge in [0.15, 0.2) is 0 Å². The number of nitrogens with zero attached hydrogens (tertiary/aromatic N) is 1. The molecule has 102 valence electrons. The van der Waals surface area contributed by atoms with Gasteiger partial charge in [-0.1, -0.05) is 0 Å². The van der Waals surface area contributed by atoms with Crippen molar-refractivity contribution in [3.63, 3.8) is 0 Å². The van der Waals surface area contributed by atoms with Crippen LogP contribution in [0.3, 0.4) is 0 Å². The van der Waals surface area contributed by atoms with Crippen LogP contribution in [0.5, 0.6) is 5.75 Å². The molecule has 1 heterocycles. The van der Waals surface area contributed by atoms with Gasteiger partial charge in [0.25, 0.3) is 0 Å². The third-order valence-corrected chi connectivity index (χ3v) is 3.24. The summed E-state index contributed by atoms with van der Waals surface area (Å²) in [5.41, 5.74) is 1.30. The van der Waals surface area contributed by atoms with Crippen molar-refractivity contribution in [2.75, 3.05) is 23.9 Å². The van der Waals surface area contributed by atoms with Crippen LogP contribution in [-0.4, -0.2) is 30.7 Å². The van der Waals surface area contributed by atoms with Crippen molar-refractivity contribution in [1.82, 2.24) is 0 Å². The molecule has 1 aliphatic heterocycles. The Morgan fingerprint density at radius 3 is 2.79 bits per heavy atom. The Hall–Kier alpha value is -1.69. The van der Waals surface area contributed by atoms with Crippen molar-refractivity contribution in [2.45, 2.75) is 18.6 Å². The summed E-state index contributed by atoms with van der Waals surface area (Å²) in [5, 5.41) is 2.72. The molecular formula is C13H16N2O3S. The van der Waals surface area contributed by atoms with E-state index in [4.69, 9.17) is 4.74 Å². The van der Waals surface area contributed by atoms with Crippen LogP contribution >= 0.6 is 12.6 Å². The van der Waals surface area contributed by atoms with E-state index in [1.165, 1.54) is 6.92 Å². The van der Waals surface area contributed by atoms with Crippen molar-refractivity contribution in [3.05, 3.63) is 18.2 Å². The molecule has 1 unspecified atom stereocenters. The molecule has 1 aromatic carbocycles. The molecule has 0 aromatic heterocycles. The van der Waals surface area contributed by atoms with E-state index in [2.05, 4.69) is 17.9 Å². The van der Waals surface area contributed by atoms with Crippen LogP contribution in [-0.2, 0) is 9.59 Å². The summed E-state index contributed by atoms with van der Waals surface area (Å²) in [5.74, 6) is 0.457. The van der Waals surface area contributed by atoms with Crippen molar-refractivity contribution >= 4 is 35.8 Å². The molecule has 0 radical (unpaired) electrons. The molecule has 1 N–H and O–H groups in total. The molecule has 1 fully saturated rings. The SMILES string of the molecule is COc1ccc(NC(C)=O)cc1N1CC(S)CC1=O. The molecule has 2 amide bonds. The number of carbonyl (C=O) groups excluding carboxylic acids is 2. The van der Waals surface area contributed by atoms with Gasteiger partial charge in [-0.15, -0.1) is 0 Å². The lowest BCUT2D eigenvalue weighted by molar-refractivity contribution is -0.117. The molecule has 2 rings (SSSR count). The highest BCUT2D eigenvalue weighted by Gasteiger charge is 2.30. The molecule has 0 saturated carbocycles. The van der Waals surface area contributed by atoms with Crippen molar-refractivity contribution in [2.24, 2.45) is 0 Å². The number of methoxy groups -OCH3 is 1. The van der Waals surface area contributed by atoms with Crippen LogP contribution < -0.4 is 15.0 Å². The smallest absolute Gasteiger partial charge is 0.228 e. The van der Waals surface area contributed by atoms with E-state index in [9.17, 15) is 9.59 Å². The Morgan fingerprint density at radius 2 is 2.26 bits per heavy atom. The molecule has 0 aliphatic carbocycles. The standard InChI is InChI=1S/C13H16N2O3S/c1-8(16)14-9-3-4-12(18-2)11(5-9)15-7-10(19)6-13(15)17/h3-5,10,19H,6-7H2,1-2H3,(H,14,16). The third kappa shape index (κ3) is 3.01. The molecule has 5 nitrogen and oxygen atoms in total. The van der Waals surface area contributed by atoms with Gasteiger partial charge in [0, 0.05) is 30.8 Å². The molecule has 1 atom stereocenters. The summed E-state index contributed by atoms with van der Waals surface area (Å²) in [7, 11) is 1.55. The van der Waals surface area contributed by atoms with Crippen LogP contribution in [0.15, 0.2) is 18.2 Å². The summed E-state index contributed by atoms with van der Waals surface area (Å²) < 4.78 is 5.27. The first-order valence-corrected chi connectivity index (χ1v) is 6.47. The van der Waals surface area contributed by atoms with E-state index < -0.39 is 0 Å². The first kappa shape index (κ1) is 13.7. The fourth-order valence-corrected chi connectivity index (χ4v) is 2.42. The molecule has 1 aromatic rings. The first-order valence-electron chi connectivity index (χ1n) is 5.95. The normalized spacial score (nSPS) is 18.6. The maximum absolute atomic E-state index is 11.9. The topological polar surface area (TPSA) is 58.6 Å². The summed E-state index contributed by atoms with van der Waals surface area (Å²) in [6.07, 6.45) is 0.413. The Morgan fingerprint density at radius 1 is 1.53 bits per heavy atom. The molecule has 0 bridgehead atoms. The van der Waals surface area contributed by atoms with Gasteiger partial charge in [0.1, 0.15) is 5.75 Å². The number of nitrogens with one attached hydrogen (secondary N) is 1. The lowest BCUT2D eigenvalue weighted by Gasteiger charge is -2.20. The lowest BCUT2D eigenvalue weighted by Crippen LogP contribution is -2.25. The fraction of sp³-hybridized carbons (Fsp3) is 0.385. The maximum Gasteiger partial charge on any atom is 0.228 e. The van der Waals surface area contributed by atoms with Crippen LogP contribution in [0.25, 0.3) is 0 Å². The zero-order valence-corrected chi connectivity index (χ0v) is 11.7. The maximum atomic E-state index is 11.9. The highest BCUT2D eigenvalue weighted by atomic mass is 32.1. The number of amides is 2. The van der Waals surface area contributed by atoms with Crippen LogP contribution in [0, 0.1) is 0 Å². The van der Waals surface area contributed by atoms with Gasteiger partial charge in [0.05, 0.1) is 12.8 Å². The van der Waals surface area contributed by atoms with Crippen LogP contribution in [0.1, 0.15) is 13.3 Å². The Kier molecular flexibility index (Phi) is 3.99. The number of hydrogen-bond donors (Lipinski definition) is 2. The van der Waals surface area contributed by atoms with Gasteiger partial charge < -0.3 is 15.0 Å². The average molecular weight is 280 g/mol. The van der Waals surface area contributed by atoms with Crippen molar-refractivity contribution < 1.29 is 14.3 Å². The quantitative estimate of drug-likeness (QED) is 0.828. The van der Waals surface area contributed by atoms with Gasteiger partial charge in [-0.05, 0) is 18.2 Å². The molecule has 6 heteroatoms. The molecule has 0 spiro atoms. The number of rotatable bonds is 3. The summed E-state index contributed by atoms with van der Waals surface area (Å²) in [6.45, 7) is 1.98. The Labute approximate surface area is 117 Å². The van der Waals surface area contributed by atoms with E-state index in [1.807, 2.05) is 0 Å².